The molecule has 1 unspecified atom stereocenters. The van der Waals surface area contributed by atoms with E-state index in [2.05, 4.69) is 50.9 Å². The highest BCUT2D eigenvalue weighted by molar-refractivity contribution is 5.94. The van der Waals surface area contributed by atoms with E-state index in [0.29, 0.717) is 36.1 Å². The molecule has 0 saturated carbocycles. The molecule has 2 aliphatic rings. The van der Waals surface area contributed by atoms with E-state index < -0.39 is 0 Å². The summed E-state index contributed by atoms with van der Waals surface area (Å²) in [5.74, 6) is 0.737. The van der Waals surface area contributed by atoms with Crippen molar-refractivity contribution in [3.05, 3.63) is 75.9 Å². The number of carbonyl (C=O) groups is 1. The van der Waals surface area contributed by atoms with Gasteiger partial charge in [0.1, 0.15) is 11.6 Å². The molecule has 0 radical (unpaired) electrons. The zero-order valence-corrected chi connectivity index (χ0v) is 20.9. The van der Waals surface area contributed by atoms with Crippen molar-refractivity contribution < 1.29 is 9.53 Å². The minimum absolute atomic E-state index is 0.263. The van der Waals surface area contributed by atoms with E-state index >= 15 is 0 Å². The van der Waals surface area contributed by atoms with Crippen molar-refractivity contribution in [2.24, 2.45) is 0 Å². The van der Waals surface area contributed by atoms with Gasteiger partial charge in [-0.2, -0.15) is 4.98 Å². The molecule has 1 saturated heterocycles. The molecule has 1 aromatic heterocycles. The molecule has 186 valence electrons. The van der Waals surface area contributed by atoms with Gasteiger partial charge in [-0.15, -0.1) is 6.58 Å². The normalized spacial score (nSPS) is 18.1. The minimum atomic E-state index is -0.339. The highest BCUT2D eigenvalue weighted by atomic mass is 16.5. The molecule has 3 heterocycles. The van der Waals surface area contributed by atoms with Crippen LogP contribution >= 0.6 is 0 Å². The molecule has 2 aliphatic heterocycles. The number of hydrogen-bond donors (Lipinski definition) is 1. The quantitative estimate of drug-likeness (QED) is 0.462. The second-order valence-corrected chi connectivity index (χ2v) is 9.05. The molecule has 0 bridgehead atoms. The van der Waals surface area contributed by atoms with Gasteiger partial charge in [-0.3, -0.25) is 9.47 Å². The molecule has 35 heavy (non-hydrogen) atoms. The Balaban J connectivity index is 1.59. The lowest BCUT2D eigenvalue weighted by atomic mass is 9.88. The molecule has 2 aromatic rings. The molecule has 8 nitrogen and oxygen atoms in total. The zero-order chi connectivity index (χ0) is 24.9. The Bertz CT molecular complexity index is 1160. The van der Waals surface area contributed by atoms with Crippen LogP contribution in [0.5, 0.6) is 0 Å². The smallest absolute Gasteiger partial charge is 0.351 e. The average Bonchev–Trinajstić information content (AvgIpc) is 2.85. The van der Waals surface area contributed by atoms with Crippen LogP contribution < -0.4 is 15.9 Å². The molecule has 1 fully saturated rings. The number of allylic oxidation sites excluding steroid dienone is 2. The number of anilines is 2. The number of rotatable bonds is 8. The highest BCUT2D eigenvalue weighted by Gasteiger charge is 2.35. The van der Waals surface area contributed by atoms with Crippen LogP contribution in [0, 0.1) is 0 Å². The number of aromatic nitrogens is 2. The number of nitrogens with one attached hydrogen (secondary N) is 1. The number of carbonyl (C=O) groups excluding carboxylic acids is 1. The van der Waals surface area contributed by atoms with Gasteiger partial charge in [0.15, 0.2) is 0 Å². The van der Waals surface area contributed by atoms with Crippen LogP contribution in [0.3, 0.4) is 0 Å². The maximum Gasteiger partial charge on any atom is 0.351 e. The molecule has 0 spiro atoms. The summed E-state index contributed by atoms with van der Waals surface area (Å²) in [6.45, 7) is 14.4. The van der Waals surface area contributed by atoms with Crippen LogP contribution in [-0.2, 0) is 22.5 Å². The van der Waals surface area contributed by atoms with Gasteiger partial charge < -0.3 is 15.0 Å². The van der Waals surface area contributed by atoms with Crippen LogP contribution in [0.15, 0.2) is 59.1 Å². The number of benzene rings is 1. The number of nitrogens with zero attached hydrogens (tertiary/aromatic N) is 4. The summed E-state index contributed by atoms with van der Waals surface area (Å²) in [6.07, 6.45) is 2.70. The van der Waals surface area contributed by atoms with E-state index in [9.17, 15) is 9.59 Å². The number of ether oxygens (including phenoxy) is 1. The Morgan fingerprint density at radius 3 is 2.60 bits per heavy atom. The Labute approximate surface area is 206 Å². The van der Waals surface area contributed by atoms with Crippen molar-refractivity contribution in [1.29, 1.82) is 0 Å². The first-order valence-electron chi connectivity index (χ1n) is 12.4. The fourth-order valence-corrected chi connectivity index (χ4v) is 5.00. The van der Waals surface area contributed by atoms with Gasteiger partial charge in [-0.1, -0.05) is 43.3 Å². The summed E-state index contributed by atoms with van der Waals surface area (Å²) in [4.78, 5) is 34.9. The van der Waals surface area contributed by atoms with Gasteiger partial charge in [-0.25, -0.2) is 9.59 Å². The third-order valence-corrected chi connectivity index (χ3v) is 6.81. The van der Waals surface area contributed by atoms with Crippen molar-refractivity contribution in [1.82, 2.24) is 14.5 Å². The topological polar surface area (TPSA) is 79.7 Å². The number of esters is 1. The lowest BCUT2D eigenvalue weighted by Gasteiger charge is -2.38. The number of piperazine rings is 1. The monoisotopic (exact) mass is 477 g/mol. The molecule has 1 atom stereocenters. The largest absolute Gasteiger partial charge is 0.463 e. The SMILES string of the molecule is C=CCn1c2c(c(N3CCN(CCc4ccccc4)CC3)nc1=O)C(C)C(C(=O)OCC)=C(C)N2. The fourth-order valence-electron chi connectivity index (χ4n) is 5.00. The van der Waals surface area contributed by atoms with E-state index in [1.807, 2.05) is 19.9 Å². The van der Waals surface area contributed by atoms with Crippen LogP contribution in [-0.4, -0.2) is 59.8 Å². The van der Waals surface area contributed by atoms with Crippen molar-refractivity contribution in [3.8, 4) is 0 Å². The standard InChI is InChI=1S/C27H35N5O3/c1-5-13-32-25-23(19(3)22(20(4)28-25)26(33)35-6-2)24(29-27(32)34)31-17-15-30(16-18-31)14-12-21-10-8-7-9-11-21/h5,7-11,19,28H,1,6,12-18H2,2-4H3. The van der Waals surface area contributed by atoms with Crippen molar-refractivity contribution in [2.75, 3.05) is 49.5 Å². The van der Waals surface area contributed by atoms with Crippen molar-refractivity contribution >= 4 is 17.6 Å². The molecular formula is C27H35N5O3. The second kappa shape index (κ2) is 10.9. The predicted octanol–water partition coefficient (Wildman–Crippen LogP) is 3.16. The lowest BCUT2D eigenvalue weighted by Crippen LogP contribution is -2.48. The molecule has 0 amide bonds. The first-order chi connectivity index (χ1) is 16.9. The van der Waals surface area contributed by atoms with E-state index in [-0.39, 0.29) is 17.6 Å². The summed E-state index contributed by atoms with van der Waals surface area (Å²) in [7, 11) is 0. The molecule has 1 aromatic carbocycles. The zero-order valence-electron chi connectivity index (χ0n) is 20.9. The van der Waals surface area contributed by atoms with Crippen LogP contribution in [0.4, 0.5) is 11.6 Å². The van der Waals surface area contributed by atoms with E-state index in [0.717, 1.165) is 44.7 Å². The van der Waals surface area contributed by atoms with Gasteiger partial charge in [0.25, 0.3) is 0 Å². The Morgan fingerprint density at radius 1 is 1.23 bits per heavy atom. The van der Waals surface area contributed by atoms with Gasteiger partial charge in [-0.05, 0) is 25.8 Å². The molecule has 0 aliphatic carbocycles. The third-order valence-electron chi connectivity index (χ3n) is 6.81. The first kappa shape index (κ1) is 24.7. The summed E-state index contributed by atoms with van der Waals surface area (Å²) in [5, 5.41) is 3.32. The van der Waals surface area contributed by atoms with Crippen LogP contribution in [0.1, 0.15) is 37.8 Å². The third kappa shape index (κ3) is 5.17. The van der Waals surface area contributed by atoms with Gasteiger partial charge >= 0.3 is 11.7 Å². The Hall–Kier alpha value is -3.39. The lowest BCUT2D eigenvalue weighted by molar-refractivity contribution is -0.138. The summed E-state index contributed by atoms with van der Waals surface area (Å²) >= 11 is 0. The van der Waals surface area contributed by atoms with E-state index in [1.54, 1.807) is 17.6 Å². The fraction of sp³-hybridized carbons (Fsp3) is 0.444. The predicted molar refractivity (Wildman–Crippen MR) is 139 cm³/mol. The summed E-state index contributed by atoms with van der Waals surface area (Å²) in [6, 6.07) is 10.5. The molecule has 8 heteroatoms. The van der Waals surface area contributed by atoms with E-state index in [4.69, 9.17) is 4.74 Å². The molecular weight excluding hydrogens is 442 g/mol. The van der Waals surface area contributed by atoms with Crippen molar-refractivity contribution in [3.63, 3.8) is 0 Å². The summed E-state index contributed by atoms with van der Waals surface area (Å²) in [5.41, 5.74) is 3.15. The van der Waals surface area contributed by atoms with Gasteiger partial charge in [0, 0.05) is 56.4 Å². The van der Waals surface area contributed by atoms with E-state index in [1.165, 1.54) is 5.56 Å². The Morgan fingerprint density at radius 2 is 1.94 bits per heavy atom. The highest BCUT2D eigenvalue weighted by Crippen LogP contribution is 2.41. The minimum Gasteiger partial charge on any atom is -0.463 e. The van der Waals surface area contributed by atoms with Crippen LogP contribution in [0.2, 0.25) is 0 Å². The number of fused-ring (bicyclic) bond motifs is 1. The Kier molecular flexibility index (Phi) is 7.70. The maximum atomic E-state index is 13.0. The van der Waals surface area contributed by atoms with Gasteiger partial charge in [0.2, 0.25) is 0 Å². The molecule has 1 N–H and O–H groups in total. The van der Waals surface area contributed by atoms with Crippen molar-refractivity contribution in [2.45, 2.75) is 39.7 Å². The average molecular weight is 478 g/mol. The number of hydrogen-bond acceptors (Lipinski definition) is 7. The first-order valence-corrected chi connectivity index (χ1v) is 12.4. The summed E-state index contributed by atoms with van der Waals surface area (Å²) < 4.78 is 6.93. The van der Waals surface area contributed by atoms with Crippen LogP contribution in [0.25, 0.3) is 0 Å². The molecule has 4 rings (SSSR count). The maximum absolute atomic E-state index is 13.0. The van der Waals surface area contributed by atoms with Gasteiger partial charge in [0.05, 0.1) is 12.2 Å². The second-order valence-electron chi connectivity index (χ2n) is 9.05.